The molecule has 2 atom stereocenters. The molecule has 4 aliphatic rings. The molecule has 0 bridgehead atoms. The molecule has 4 rings (SSSR count). The van der Waals surface area contributed by atoms with Gasteiger partial charge in [-0.25, -0.2) is 0 Å². The van der Waals surface area contributed by atoms with Gasteiger partial charge in [0, 0.05) is 45.7 Å². The normalized spacial score (nSPS) is 30.0. The predicted molar refractivity (Wildman–Crippen MR) is 107 cm³/mol. The molecule has 0 aliphatic carbocycles. The molecule has 4 saturated heterocycles. The van der Waals surface area contributed by atoms with Gasteiger partial charge in [0.15, 0.2) is 0 Å². The standard InChI is InChI=1S/C21H34N4O4/c1-15(2)6-10-22-13-21(14-22)20(29)24(9-4-8-23-7-3-5-18(23)27)19(28)17-11-16(26)12-25(17)21/h15-17,26H,3-14H2,1-2H3. The maximum atomic E-state index is 13.4. The Bertz CT molecular complexity index is 676. The van der Waals surface area contributed by atoms with Crippen molar-refractivity contribution in [2.24, 2.45) is 5.92 Å². The molecule has 0 saturated carbocycles. The molecule has 8 nitrogen and oxygen atoms in total. The summed E-state index contributed by atoms with van der Waals surface area (Å²) in [5.41, 5.74) is -0.670. The first-order chi connectivity index (χ1) is 13.8. The molecule has 162 valence electrons. The Kier molecular flexibility index (Phi) is 5.70. The van der Waals surface area contributed by atoms with E-state index < -0.39 is 17.7 Å². The van der Waals surface area contributed by atoms with Crippen molar-refractivity contribution in [3.63, 3.8) is 0 Å². The third-order valence-corrected chi connectivity index (χ3v) is 7.00. The van der Waals surface area contributed by atoms with Gasteiger partial charge < -0.3 is 10.0 Å². The van der Waals surface area contributed by atoms with Crippen molar-refractivity contribution >= 4 is 17.7 Å². The summed E-state index contributed by atoms with van der Waals surface area (Å²) in [6, 6.07) is -0.400. The highest BCUT2D eigenvalue weighted by atomic mass is 16.3. The smallest absolute Gasteiger partial charge is 0.252 e. The van der Waals surface area contributed by atoms with Crippen molar-refractivity contribution < 1.29 is 19.5 Å². The van der Waals surface area contributed by atoms with Crippen LogP contribution in [0.4, 0.5) is 0 Å². The SMILES string of the molecule is CC(C)CCN1CC2(C1)C(=O)N(CCCN1CCCC1=O)C(=O)C1CC(O)CN12. The summed E-state index contributed by atoms with van der Waals surface area (Å²) in [6.45, 7) is 8.74. The number of piperazine rings is 1. The molecule has 8 heteroatoms. The summed E-state index contributed by atoms with van der Waals surface area (Å²) in [5, 5.41) is 10.2. The number of carbonyl (C=O) groups excluding carboxylic acids is 3. The van der Waals surface area contributed by atoms with Crippen LogP contribution in [0.15, 0.2) is 0 Å². The maximum Gasteiger partial charge on any atom is 0.252 e. The van der Waals surface area contributed by atoms with Crippen LogP contribution in [0.1, 0.15) is 46.0 Å². The number of imide groups is 1. The molecule has 0 radical (unpaired) electrons. The van der Waals surface area contributed by atoms with E-state index in [9.17, 15) is 19.5 Å². The lowest BCUT2D eigenvalue weighted by Crippen LogP contribution is -2.81. The lowest BCUT2D eigenvalue weighted by molar-refractivity contribution is -0.180. The van der Waals surface area contributed by atoms with Crippen LogP contribution in [-0.4, -0.2) is 106 Å². The highest BCUT2D eigenvalue weighted by Gasteiger charge is 2.63. The zero-order chi connectivity index (χ0) is 20.8. The number of β-amino-alcohol motifs (C(OH)–C–C–N with tert-alkyl or cyclic N) is 1. The minimum Gasteiger partial charge on any atom is -0.392 e. The second-order valence-corrected chi connectivity index (χ2v) is 9.62. The fraction of sp³-hybridized carbons (Fsp3) is 0.857. The lowest BCUT2D eigenvalue weighted by Gasteiger charge is -2.58. The zero-order valence-electron chi connectivity index (χ0n) is 17.7. The fourth-order valence-corrected chi connectivity index (χ4v) is 5.36. The van der Waals surface area contributed by atoms with Crippen LogP contribution in [0, 0.1) is 5.92 Å². The lowest BCUT2D eigenvalue weighted by atomic mass is 9.82. The number of hydrogen-bond acceptors (Lipinski definition) is 6. The van der Waals surface area contributed by atoms with E-state index in [1.165, 1.54) is 4.90 Å². The second kappa shape index (κ2) is 7.96. The van der Waals surface area contributed by atoms with Crippen molar-refractivity contribution in [2.45, 2.75) is 63.6 Å². The first-order valence-electron chi connectivity index (χ1n) is 11.1. The number of rotatable bonds is 7. The minimum atomic E-state index is -0.670. The summed E-state index contributed by atoms with van der Waals surface area (Å²) < 4.78 is 0. The van der Waals surface area contributed by atoms with Gasteiger partial charge >= 0.3 is 0 Å². The molecule has 4 heterocycles. The molecule has 3 amide bonds. The van der Waals surface area contributed by atoms with E-state index in [0.29, 0.717) is 57.9 Å². The molecule has 2 unspecified atom stereocenters. The van der Waals surface area contributed by atoms with E-state index in [2.05, 4.69) is 18.7 Å². The number of nitrogens with zero attached hydrogens (tertiary/aromatic N) is 4. The van der Waals surface area contributed by atoms with Gasteiger partial charge in [0.05, 0.1) is 12.1 Å². The van der Waals surface area contributed by atoms with Crippen LogP contribution >= 0.6 is 0 Å². The summed E-state index contributed by atoms with van der Waals surface area (Å²) in [5.74, 6) is 0.496. The Balaban J connectivity index is 1.43. The van der Waals surface area contributed by atoms with Crippen molar-refractivity contribution in [3.05, 3.63) is 0 Å². The molecule has 4 fully saturated rings. The number of aliphatic hydroxyl groups excluding tert-OH is 1. The molecule has 0 aromatic heterocycles. The van der Waals surface area contributed by atoms with Crippen LogP contribution in [0.2, 0.25) is 0 Å². The van der Waals surface area contributed by atoms with Crippen LogP contribution in [0.5, 0.6) is 0 Å². The van der Waals surface area contributed by atoms with E-state index in [0.717, 1.165) is 25.9 Å². The van der Waals surface area contributed by atoms with Crippen LogP contribution in [0.25, 0.3) is 0 Å². The second-order valence-electron chi connectivity index (χ2n) is 9.62. The number of carbonyl (C=O) groups is 3. The van der Waals surface area contributed by atoms with Crippen molar-refractivity contribution in [3.8, 4) is 0 Å². The number of amides is 3. The first kappa shape index (κ1) is 20.8. The third-order valence-electron chi connectivity index (χ3n) is 7.00. The predicted octanol–water partition coefficient (Wildman–Crippen LogP) is -0.0966. The molecule has 0 aromatic carbocycles. The summed E-state index contributed by atoms with van der Waals surface area (Å²) in [6.07, 6.45) is 3.05. The topological polar surface area (TPSA) is 84.4 Å². The summed E-state index contributed by atoms with van der Waals surface area (Å²) in [7, 11) is 0. The van der Waals surface area contributed by atoms with E-state index in [4.69, 9.17) is 0 Å². The average molecular weight is 407 g/mol. The van der Waals surface area contributed by atoms with Crippen LogP contribution < -0.4 is 0 Å². The van der Waals surface area contributed by atoms with Crippen LogP contribution in [0.3, 0.4) is 0 Å². The Morgan fingerprint density at radius 1 is 1.14 bits per heavy atom. The summed E-state index contributed by atoms with van der Waals surface area (Å²) >= 11 is 0. The number of aliphatic hydroxyl groups is 1. The number of likely N-dealkylation sites (tertiary alicyclic amines) is 2. The minimum absolute atomic E-state index is 0.110. The molecule has 29 heavy (non-hydrogen) atoms. The zero-order valence-corrected chi connectivity index (χ0v) is 17.7. The van der Waals surface area contributed by atoms with E-state index in [1.54, 1.807) is 0 Å². The van der Waals surface area contributed by atoms with E-state index in [1.807, 2.05) is 9.80 Å². The molecular formula is C21H34N4O4. The van der Waals surface area contributed by atoms with E-state index in [-0.39, 0.29) is 17.7 Å². The van der Waals surface area contributed by atoms with Gasteiger partial charge in [0.2, 0.25) is 11.8 Å². The highest BCUT2D eigenvalue weighted by molar-refractivity contribution is 6.06. The molecule has 4 aliphatic heterocycles. The molecule has 1 spiro atoms. The van der Waals surface area contributed by atoms with Gasteiger partial charge in [-0.15, -0.1) is 0 Å². The van der Waals surface area contributed by atoms with E-state index >= 15 is 0 Å². The van der Waals surface area contributed by atoms with Crippen molar-refractivity contribution in [1.82, 2.24) is 19.6 Å². The number of fused-ring (bicyclic) bond motifs is 2. The Morgan fingerprint density at radius 2 is 1.90 bits per heavy atom. The van der Waals surface area contributed by atoms with Crippen molar-refractivity contribution in [1.29, 1.82) is 0 Å². The fourth-order valence-electron chi connectivity index (χ4n) is 5.36. The van der Waals surface area contributed by atoms with Crippen molar-refractivity contribution in [2.75, 3.05) is 45.8 Å². The van der Waals surface area contributed by atoms with Gasteiger partial charge in [-0.2, -0.15) is 0 Å². The first-order valence-corrected chi connectivity index (χ1v) is 11.1. The quantitative estimate of drug-likeness (QED) is 0.595. The third kappa shape index (κ3) is 3.70. The Labute approximate surface area is 172 Å². The maximum absolute atomic E-state index is 13.4. The van der Waals surface area contributed by atoms with Gasteiger partial charge in [0.1, 0.15) is 5.54 Å². The molecule has 1 N–H and O–H groups in total. The number of hydrogen-bond donors (Lipinski definition) is 1. The monoisotopic (exact) mass is 406 g/mol. The highest BCUT2D eigenvalue weighted by Crippen LogP contribution is 2.40. The largest absolute Gasteiger partial charge is 0.392 e. The average Bonchev–Trinajstić information content (AvgIpc) is 3.22. The van der Waals surface area contributed by atoms with Gasteiger partial charge in [-0.3, -0.25) is 29.1 Å². The molecule has 0 aromatic rings. The Hall–Kier alpha value is -1.51. The molecular weight excluding hydrogens is 372 g/mol. The summed E-state index contributed by atoms with van der Waals surface area (Å²) in [4.78, 5) is 45.8. The Morgan fingerprint density at radius 3 is 2.55 bits per heavy atom. The van der Waals surface area contributed by atoms with Gasteiger partial charge in [0.25, 0.3) is 5.91 Å². The van der Waals surface area contributed by atoms with Gasteiger partial charge in [-0.05, 0) is 38.1 Å². The van der Waals surface area contributed by atoms with Gasteiger partial charge in [-0.1, -0.05) is 13.8 Å². The van der Waals surface area contributed by atoms with Crippen LogP contribution in [-0.2, 0) is 14.4 Å².